The van der Waals surface area contributed by atoms with Gasteiger partial charge < -0.3 is 20.5 Å². The number of phenolic OH excluding ortho intramolecular Hbond substituents is 1. The van der Waals surface area contributed by atoms with Gasteiger partial charge in [-0.05, 0) is 65.4 Å². The summed E-state index contributed by atoms with van der Waals surface area (Å²) in [7, 11) is 0. The van der Waals surface area contributed by atoms with E-state index in [-0.39, 0.29) is 11.2 Å². The van der Waals surface area contributed by atoms with E-state index in [0.29, 0.717) is 34.6 Å². The Morgan fingerprint density at radius 3 is 2.62 bits per heavy atom. The van der Waals surface area contributed by atoms with Crippen LogP contribution in [0.25, 0.3) is 55.7 Å². The topological polar surface area (TPSA) is 123 Å². The van der Waals surface area contributed by atoms with Crippen molar-refractivity contribution in [2.24, 2.45) is 5.41 Å². The number of benzene rings is 2. The number of aromatic hydroxyl groups is 1. The molecule has 0 aliphatic rings. The molecule has 1 atom stereocenters. The first-order valence-corrected chi connectivity index (χ1v) is 13.0. The van der Waals surface area contributed by atoms with E-state index in [0.717, 1.165) is 39.3 Å². The maximum Gasteiger partial charge on any atom is 0.135 e. The van der Waals surface area contributed by atoms with Crippen molar-refractivity contribution in [2.45, 2.75) is 33.4 Å². The van der Waals surface area contributed by atoms with E-state index < -0.39 is 12.0 Å². The highest BCUT2D eigenvalue weighted by atomic mass is 19.1. The summed E-state index contributed by atoms with van der Waals surface area (Å²) >= 11 is 0. The van der Waals surface area contributed by atoms with Crippen LogP contribution in [-0.4, -0.2) is 41.6 Å². The third kappa shape index (κ3) is 5.11. The third-order valence-electron chi connectivity index (χ3n) is 6.69. The lowest BCUT2D eigenvalue weighted by molar-refractivity contribution is 0.145. The SMILES string of the molecule is CC(C)(C)CC(O)Nc1cncc(-c2ccc3[nH]nc(-c4cc5c(-c6cc(O)cc(F)c6)cccc5[nH]4)c3n2)c1. The summed E-state index contributed by atoms with van der Waals surface area (Å²) in [6, 6.07) is 17.4. The normalized spacial score (nSPS) is 12.7. The molecule has 202 valence electrons. The molecule has 0 amide bonds. The van der Waals surface area contributed by atoms with E-state index in [9.17, 15) is 14.6 Å². The first-order valence-electron chi connectivity index (χ1n) is 13.0. The second kappa shape index (κ2) is 9.77. The van der Waals surface area contributed by atoms with Crippen molar-refractivity contribution >= 4 is 27.6 Å². The van der Waals surface area contributed by atoms with E-state index in [2.05, 4.69) is 46.3 Å². The number of anilines is 1. The Balaban J connectivity index is 1.37. The van der Waals surface area contributed by atoms with E-state index in [1.807, 2.05) is 42.5 Å². The Hall–Kier alpha value is -4.76. The molecule has 40 heavy (non-hydrogen) atoms. The Bertz CT molecular complexity index is 1830. The number of hydrogen-bond donors (Lipinski definition) is 5. The highest BCUT2D eigenvalue weighted by Gasteiger charge is 2.18. The minimum atomic E-state index is -0.698. The van der Waals surface area contributed by atoms with Crippen LogP contribution in [-0.2, 0) is 0 Å². The van der Waals surface area contributed by atoms with Crippen LogP contribution in [0.2, 0.25) is 0 Å². The Morgan fingerprint density at radius 2 is 1.82 bits per heavy atom. The minimum Gasteiger partial charge on any atom is -0.508 e. The van der Waals surface area contributed by atoms with Gasteiger partial charge >= 0.3 is 0 Å². The highest BCUT2D eigenvalue weighted by molar-refractivity contribution is 6.00. The first kappa shape index (κ1) is 25.5. The fourth-order valence-electron chi connectivity index (χ4n) is 4.99. The summed E-state index contributed by atoms with van der Waals surface area (Å²) in [5.41, 5.74) is 7.25. The molecule has 5 N–H and O–H groups in total. The fourth-order valence-corrected chi connectivity index (χ4v) is 4.99. The van der Waals surface area contributed by atoms with Gasteiger partial charge in [0, 0.05) is 28.7 Å². The van der Waals surface area contributed by atoms with Crippen LogP contribution >= 0.6 is 0 Å². The number of nitrogens with zero attached hydrogens (tertiary/aromatic N) is 3. The van der Waals surface area contributed by atoms with Crippen LogP contribution in [0.3, 0.4) is 0 Å². The summed E-state index contributed by atoms with van der Waals surface area (Å²) in [5, 5.41) is 32.0. The second-order valence-electron chi connectivity index (χ2n) is 11.2. The van der Waals surface area contributed by atoms with Crippen molar-refractivity contribution in [2.75, 3.05) is 5.32 Å². The molecule has 0 saturated carbocycles. The van der Waals surface area contributed by atoms with Crippen LogP contribution in [0.1, 0.15) is 27.2 Å². The van der Waals surface area contributed by atoms with Crippen LogP contribution < -0.4 is 5.32 Å². The molecule has 0 fully saturated rings. The van der Waals surface area contributed by atoms with E-state index in [1.165, 1.54) is 6.07 Å². The predicted octanol–water partition coefficient (Wildman–Crippen LogP) is 6.85. The molecule has 0 aliphatic heterocycles. The standard InChI is InChI=1S/C31H29FN6O2/c1-31(2,3)14-28(40)34-20-10-18(15-33-16-20)24-7-8-26-29(36-24)30(38-37-26)27-13-23-22(5-4-6-25(23)35-27)17-9-19(32)12-21(39)11-17/h4-13,15-16,28,34-35,39-40H,14H2,1-3H3,(H,37,38). The third-order valence-corrected chi connectivity index (χ3v) is 6.69. The maximum atomic E-state index is 14.0. The molecule has 0 saturated heterocycles. The Morgan fingerprint density at radius 1 is 0.975 bits per heavy atom. The van der Waals surface area contributed by atoms with Crippen molar-refractivity contribution in [3.05, 3.63) is 78.9 Å². The van der Waals surface area contributed by atoms with E-state index in [1.54, 1.807) is 18.5 Å². The van der Waals surface area contributed by atoms with Gasteiger partial charge in [0.25, 0.3) is 0 Å². The van der Waals surface area contributed by atoms with Crippen molar-refractivity contribution in [1.29, 1.82) is 0 Å². The van der Waals surface area contributed by atoms with Crippen molar-refractivity contribution in [3.8, 4) is 39.5 Å². The molecular formula is C31H29FN6O2. The molecule has 4 aromatic heterocycles. The van der Waals surface area contributed by atoms with Crippen LogP contribution in [0.5, 0.6) is 5.75 Å². The lowest BCUT2D eigenvalue weighted by atomic mass is 9.91. The monoisotopic (exact) mass is 536 g/mol. The highest BCUT2D eigenvalue weighted by Crippen LogP contribution is 2.35. The van der Waals surface area contributed by atoms with Gasteiger partial charge in [0.15, 0.2) is 0 Å². The van der Waals surface area contributed by atoms with Gasteiger partial charge in [-0.25, -0.2) is 9.37 Å². The molecular weight excluding hydrogens is 507 g/mol. The molecule has 8 nitrogen and oxygen atoms in total. The van der Waals surface area contributed by atoms with E-state index >= 15 is 0 Å². The number of rotatable bonds is 6. The van der Waals surface area contributed by atoms with Gasteiger partial charge in [0.1, 0.15) is 29.0 Å². The largest absolute Gasteiger partial charge is 0.508 e. The molecule has 0 bridgehead atoms. The number of aromatic amines is 2. The number of H-pyrrole nitrogens is 2. The zero-order chi connectivity index (χ0) is 28.0. The van der Waals surface area contributed by atoms with Crippen LogP contribution in [0.15, 0.2) is 73.1 Å². The van der Waals surface area contributed by atoms with Crippen molar-refractivity contribution in [1.82, 2.24) is 25.1 Å². The summed E-state index contributed by atoms with van der Waals surface area (Å²) in [4.78, 5) is 12.7. The quantitative estimate of drug-likeness (QED) is 0.148. The zero-order valence-electron chi connectivity index (χ0n) is 22.3. The number of aromatic nitrogens is 5. The van der Waals surface area contributed by atoms with Crippen LogP contribution in [0.4, 0.5) is 10.1 Å². The first-order chi connectivity index (χ1) is 19.1. The molecule has 2 aromatic carbocycles. The lowest BCUT2D eigenvalue weighted by Crippen LogP contribution is -2.25. The number of nitrogens with one attached hydrogen (secondary N) is 3. The maximum absolute atomic E-state index is 14.0. The second-order valence-corrected chi connectivity index (χ2v) is 11.2. The predicted molar refractivity (Wildman–Crippen MR) is 155 cm³/mol. The summed E-state index contributed by atoms with van der Waals surface area (Å²) < 4.78 is 14.0. The van der Waals surface area contributed by atoms with Crippen LogP contribution in [0, 0.1) is 11.2 Å². The van der Waals surface area contributed by atoms with Gasteiger partial charge in [0.2, 0.25) is 0 Å². The lowest BCUT2D eigenvalue weighted by Gasteiger charge is -2.23. The molecule has 9 heteroatoms. The molecule has 4 heterocycles. The van der Waals surface area contributed by atoms with Gasteiger partial charge in [-0.15, -0.1) is 0 Å². The smallest absolute Gasteiger partial charge is 0.135 e. The number of phenols is 1. The minimum absolute atomic E-state index is 0.0236. The summed E-state index contributed by atoms with van der Waals surface area (Å²) in [6.45, 7) is 6.23. The fraction of sp³-hybridized carbons (Fsp3) is 0.194. The average Bonchev–Trinajstić information content (AvgIpc) is 3.50. The molecule has 1 unspecified atom stereocenters. The Labute approximate surface area is 230 Å². The van der Waals surface area contributed by atoms with Gasteiger partial charge in [0.05, 0.1) is 28.8 Å². The molecule has 6 rings (SSSR count). The molecule has 0 radical (unpaired) electrons. The number of aliphatic hydroxyl groups is 1. The molecule has 0 aliphatic carbocycles. The Kier molecular flexibility index (Phi) is 6.23. The number of pyridine rings is 2. The summed E-state index contributed by atoms with van der Waals surface area (Å²) in [6.07, 6.45) is 3.30. The number of halogens is 1. The summed E-state index contributed by atoms with van der Waals surface area (Å²) in [5.74, 6) is -0.634. The van der Waals surface area contributed by atoms with Gasteiger partial charge in [-0.3, -0.25) is 10.1 Å². The average molecular weight is 537 g/mol. The number of aliphatic hydroxyl groups excluding tert-OH is 1. The van der Waals surface area contributed by atoms with E-state index in [4.69, 9.17) is 4.98 Å². The van der Waals surface area contributed by atoms with Crippen molar-refractivity contribution in [3.63, 3.8) is 0 Å². The molecule has 6 aromatic rings. The van der Waals surface area contributed by atoms with Gasteiger partial charge in [-0.2, -0.15) is 5.10 Å². The number of fused-ring (bicyclic) bond motifs is 2. The molecule has 0 spiro atoms. The number of hydrogen-bond acceptors (Lipinski definition) is 6. The zero-order valence-corrected chi connectivity index (χ0v) is 22.3. The van der Waals surface area contributed by atoms with Gasteiger partial charge in [-0.1, -0.05) is 32.9 Å². The van der Waals surface area contributed by atoms with Crippen molar-refractivity contribution < 1.29 is 14.6 Å².